The van der Waals surface area contributed by atoms with Crippen molar-refractivity contribution in [2.24, 2.45) is 5.16 Å². The molecule has 0 atom stereocenters. The van der Waals surface area contributed by atoms with E-state index in [1.165, 1.54) is 19.2 Å². The van der Waals surface area contributed by atoms with Crippen molar-refractivity contribution in [3.05, 3.63) is 35.1 Å². The van der Waals surface area contributed by atoms with Gasteiger partial charge in [-0.1, -0.05) is 11.2 Å². The highest BCUT2D eigenvalue weighted by Crippen LogP contribution is 2.23. The average Bonchev–Trinajstić information content (AvgIpc) is 2.49. The van der Waals surface area contributed by atoms with Crippen LogP contribution in [0.15, 0.2) is 23.4 Å². The molecule has 1 aromatic rings. The van der Waals surface area contributed by atoms with Gasteiger partial charge in [0.1, 0.15) is 12.9 Å². The van der Waals surface area contributed by atoms with Crippen LogP contribution in [-0.2, 0) is 11.3 Å². The van der Waals surface area contributed by atoms with Crippen LogP contribution in [-0.4, -0.2) is 12.8 Å². The molecule has 0 N–H and O–H groups in total. The largest absolute Gasteiger partial charge is 0.399 e. The maximum absolute atomic E-state index is 12.9. The molecular formula is C10H10FNO. The highest BCUT2D eigenvalue weighted by atomic mass is 19.1. The van der Waals surface area contributed by atoms with Crippen LogP contribution in [0.3, 0.4) is 0 Å². The van der Waals surface area contributed by atoms with Gasteiger partial charge in [-0.2, -0.15) is 0 Å². The molecule has 0 fully saturated rings. The average molecular weight is 179 g/mol. The zero-order chi connectivity index (χ0) is 9.26. The Morgan fingerprint density at radius 2 is 2.23 bits per heavy atom. The Bertz CT molecular complexity index is 360. The first-order chi connectivity index (χ1) is 6.31. The Kier molecular flexibility index (Phi) is 2.00. The first-order valence-corrected chi connectivity index (χ1v) is 4.20. The van der Waals surface area contributed by atoms with E-state index >= 15 is 0 Å². The minimum Gasteiger partial charge on any atom is -0.399 e. The fourth-order valence-electron chi connectivity index (χ4n) is 1.63. The molecule has 0 aliphatic heterocycles. The van der Waals surface area contributed by atoms with E-state index in [0.29, 0.717) is 0 Å². The van der Waals surface area contributed by atoms with Gasteiger partial charge in [-0.3, -0.25) is 0 Å². The number of hydrogen-bond acceptors (Lipinski definition) is 2. The summed E-state index contributed by atoms with van der Waals surface area (Å²) in [5.74, 6) is -0.218. The Labute approximate surface area is 76.0 Å². The van der Waals surface area contributed by atoms with Gasteiger partial charge >= 0.3 is 0 Å². The van der Waals surface area contributed by atoms with E-state index in [4.69, 9.17) is 0 Å². The van der Waals surface area contributed by atoms with Gasteiger partial charge in [0, 0.05) is 5.56 Å². The first kappa shape index (κ1) is 8.23. The number of fused-ring (bicyclic) bond motifs is 1. The maximum Gasteiger partial charge on any atom is 0.123 e. The maximum atomic E-state index is 12.9. The Hall–Kier alpha value is -1.38. The van der Waals surface area contributed by atoms with Gasteiger partial charge < -0.3 is 4.84 Å². The molecule has 0 bridgehead atoms. The molecule has 0 saturated heterocycles. The molecule has 0 unspecified atom stereocenters. The van der Waals surface area contributed by atoms with Gasteiger partial charge in [0.05, 0.1) is 5.71 Å². The minimum absolute atomic E-state index is 0.218. The lowest BCUT2D eigenvalue weighted by molar-refractivity contribution is 0.213. The molecule has 0 saturated carbocycles. The van der Waals surface area contributed by atoms with Crippen LogP contribution in [0.5, 0.6) is 0 Å². The fourth-order valence-corrected chi connectivity index (χ4v) is 1.63. The molecule has 0 spiro atoms. The molecule has 68 valence electrons. The second kappa shape index (κ2) is 3.17. The van der Waals surface area contributed by atoms with Gasteiger partial charge in [0.15, 0.2) is 0 Å². The molecule has 0 aromatic heterocycles. The zero-order valence-electron chi connectivity index (χ0n) is 7.38. The third-order valence-corrected chi connectivity index (χ3v) is 2.22. The van der Waals surface area contributed by atoms with E-state index < -0.39 is 0 Å². The molecule has 0 amide bonds. The first-order valence-electron chi connectivity index (χ1n) is 4.20. The van der Waals surface area contributed by atoms with Crippen molar-refractivity contribution in [3.63, 3.8) is 0 Å². The summed E-state index contributed by atoms with van der Waals surface area (Å²) >= 11 is 0. The summed E-state index contributed by atoms with van der Waals surface area (Å²) < 4.78 is 12.9. The number of hydrogen-bond donors (Lipinski definition) is 0. The van der Waals surface area contributed by atoms with E-state index in [-0.39, 0.29) is 5.82 Å². The summed E-state index contributed by atoms with van der Waals surface area (Å²) in [6.45, 7) is 0. The normalized spacial score (nSPS) is 17.5. The molecular weight excluding hydrogens is 169 g/mol. The van der Waals surface area contributed by atoms with E-state index in [2.05, 4.69) is 9.99 Å². The summed E-state index contributed by atoms with van der Waals surface area (Å²) in [5, 5.41) is 3.86. The second-order valence-corrected chi connectivity index (χ2v) is 3.02. The standard InChI is InChI=1S/C10H10FNO/c1-13-12-10-5-3-7-2-4-8(11)6-9(7)10/h2,4,6H,3,5H2,1H3/b12-10-. The molecule has 1 aromatic carbocycles. The third kappa shape index (κ3) is 1.41. The third-order valence-electron chi connectivity index (χ3n) is 2.22. The van der Waals surface area contributed by atoms with Gasteiger partial charge in [-0.15, -0.1) is 0 Å². The van der Waals surface area contributed by atoms with Crippen LogP contribution in [0.2, 0.25) is 0 Å². The predicted octanol–water partition coefficient (Wildman–Crippen LogP) is 2.12. The summed E-state index contributed by atoms with van der Waals surface area (Å²) in [7, 11) is 1.50. The van der Waals surface area contributed by atoms with Gasteiger partial charge in [-0.25, -0.2) is 4.39 Å². The van der Waals surface area contributed by atoms with Gasteiger partial charge in [-0.05, 0) is 30.5 Å². The number of nitrogens with zero attached hydrogens (tertiary/aromatic N) is 1. The van der Waals surface area contributed by atoms with E-state index in [1.54, 1.807) is 0 Å². The predicted molar refractivity (Wildman–Crippen MR) is 48.3 cm³/mol. The molecule has 0 heterocycles. The van der Waals surface area contributed by atoms with Crippen LogP contribution in [0.1, 0.15) is 17.5 Å². The number of aryl methyl sites for hydroxylation is 1. The summed E-state index contributed by atoms with van der Waals surface area (Å²) in [6.07, 6.45) is 1.77. The van der Waals surface area contributed by atoms with Crippen LogP contribution < -0.4 is 0 Å². The lowest BCUT2D eigenvalue weighted by Gasteiger charge is -1.98. The SMILES string of the molecule is CO/N=C1/CCc2ccc(F)cc21. The molecule has 1 aliphatic rings. The highest BCUT2D eigenvalue weighted by molar-refractivity contribution is 6.04. The molecule has 0 radical (unpaired) electrons. The van der Waals surface area contributed by atoms with Crippen molar-refractivity contribution in [1.82, 2.24) is 0 Å². The Morgan fingerprint density at radius 1 is 1.38 bits per heavy atom. The molecule has 13 heavy (non-hydrogen) atoms. The summed E-state index contributed by atoms with van der Waals surface area (Å²) in [5.41, 5.74) is 2.89. The van der Waals surface area contributed by atoms with Crippen molar-refractivity contribution in [2.45, 2.75) is 12.8 Å². The van der Waals surface area contributed by atoms with Crippen LogP contribution in [0, 0.1) is 5.82 Å². The van der Waals surface area contributed by atoms with Crippen LogP contribution in [0.4, 0.5) is 4.39 Å². The number of halogens is 1. The Balaban J connectivity index is 2.46. The van der Waals surface area contributed by atoms with E-state index in [9.17, 15) is 4.39 Å². The summed E-state index contributed by atoms with van der Waals surface area (Å²) in [4.78, 5) is 4.69. The van der Waals surface area contributed by atoms with Crippen molar-refractivity contribution in [1.29, 1.82) is 0 Å². The van der Waals surface area contributed by atoms with E-state index in [0.717, 1.165) is 29.7 Å². The van der Waals surface area contributed by atoms with Crippen LogP contribution in [0.25, 0.3) is 0 Å². The lowest BCUT2D eigenvalue weighted by Crippen LogP contribution is -1.95. The summed E-state index contributed by atoms with van der Waals surface area (Å²) in [6, 6.07) is 4.80. The number of benzene rings is 1. The number of rotatable bonds is 1. The van der Waals surface area contributed by atoms with E-state index in [1.807, 2.05) is 6.07 Å². The molecule has 1 aliphatic carbocycles. The minimum atomic E-state index is -0.218. The smallest absolute Gasteiger partial charge is 0.123 e. The van der Waals surface area contributed by atoms with Crippen LogP contribution >= 0.6 is 0 Å². The lowest BCUT2D eigenvalue weighted by atomic mass is 10.1. The topological polar surface area (TPSA) is 21.6 Å². The highest BCUT2D eigenvalue weighted by Gasteiger charge is 2.18. The molecule has 2 nitrogen and oxygen atoms in total. The quantitative estimate of drug-likeness (QED) is 0.605. The number of oxime groups is 1. The van der Waals surface area contributed by atoms with Gasteiger partial charge in [0.2, 0.25) is 0 Å². The van der Waals surface area contributed by atoms with Crippen molar-refractivity contribution < 1.29 is 9.23 Å². The molecule has 3 heteroatoms. The van der Waals surface area contributed by atoms with Crippen molar-refractivity contribution in [3.8, 4) is 0 Å². The Morgan fingerprint density at radius 3 is 3.00 bits per heavy atom. The monoisotopic (exact) mass is 179 g/mol. The zero-order valence-corrected chi connectivity index (χ0v) is 7.38. The fraction of sp³-hybridized carbons (Fsp3) is 0.300. The van der Waals surface area contributed by atoms with Crippen molar-refractivity contribution in [2.75, 3.05) is 7.11 Å². The van der Waals surface area contributed by atoms with Gasteiger partial charge in [0.25, 0.3) is 0 Å². The van der Waals surface area contributed by atoms with Crippen molar-refractivity contribution >= 4 is 5.71 Å². The second-order valence-electron chi connectivity index (χ2n) is 3.02. The molecule has 2 rings (SSSR count).